The molecular weight excluding hydrogens is 1290 g/mol. The summed E-state index contributed by atoms with van der Waals surface area (Å²) in [6.45, 7) is 34.5. The van der Waals surface area contributed by atoms with E-state index in [9.17, 15) is 0 Å². The van der Waals surface area contributed by atoms with Crippen LogP contribution < -0.4 is 28.6 Å². The molecule has 0 fully saturated rings. The summed E-state index contributed by atoms with van der Waals surface area (Å²) < 4.78 is 25.2. The number of phenolic OH excluding ortho intramolecular Hbond substituents is 1. The number of nitrogens with zero attached hydrogens (tertiary/aromatic N) is 1. The Hall–Kier alpha value is -10.5. The maximum atomic E-state index is 8.63. The summed E-state index contributed by atoms with van der Waals surface area (Å²) in [7, 11) is 12.2. The lowest BCUT2D eigenvalue weighted by molar-refractivity contribution is 0.324. The Kier molecular flexibility index (Phi) is 79.4. The molecule has 0 radical (unpaired) electrons. The summed E-state index contributed by atoms with van der Waals surface area (Å²) >= 11 is 0. The van der Waals surface area contributed by atoms with E-state index in [2.05, 4.69) is 196 Å². The Labute approximate surface area is 642 Å². The molecule has 1 N–H and O–H groups in total. The van der Waals surface area contributed by atoms with Crippen molar-refractivity contribution < 1.29 is 28.8 Å². The van der Waals surface area contributed by atoms with Crippen LogP contribution in [0.3, 0.4) is 0 Å². The van der Waals surface area contributed by atoms with Gasteiger partial charge in [-0.3, -0.25) is 0 Å². The van der Waals surface area contributed by atoms with Gasteiger partial charge in [-0.05, 0) is 125 Å². The SMILES string of the molecule is C1=CCC=C1.CC.CC.CC.CC.CC.CC.CC.CCc1ccc(-c2ccccc2)cc1.CCc1ccc(OC)cc1.CCc1ccccc1.CN(C)c1ccccc1.COc1cccc(OC)c1OC.COc1ccccc1.Oc1ccccc1.c1ccc(-c2ccccc2)cc1.c1ccccc1. The third-order valence-corrected chi connectivity index (χ3v) is 13.1. The molecule has 1 aliphatic carbocycles. The van der Waals surface area contributed by atoms with E-state index in [1.807, 2.05) is 257 Å². The van der Waals surface area contributed by atoms with Gasteiger partial charge in [-0.2, -0.15) is 0 Å². The van der Waals surface area contributed by atoms with Crippen LogP contribution in [0.1, 0.15) is 141 Å². The molecule has 0 amide bonds. The predicted octanol–water partition coefficient (Wildman–Crippen LogP) is 28.7. The Bertz CT molecular complexity index is 3300. The number of hydrogen-bond donors (Lipinski definition) is 1. The second-order valence-electron chi connectivity index (χ2n) is 19.7. The third-order valence-electron chi connectivity index (χ3n) is 13.1. The van der Waals surface area contributed by atoms with E-state index in [0.29, 0.717) is 23.0 Å². The van der Waals surface area contributed by atoms with Crippen LogP contribution in [0.25, 0.3) is 22.3 Å². The Morgan fingerprint density at radius 1 is 0.267 bits per heavy atom. The number of hydrogen-bond acceptors (Lipinski definition) is 7. The molecule has 0 aliphatic heterocycles. The topological polar surface area (TPSA) is 69.6 Å². The number of allylic oxidation sites excluding steroid dienone is 4. The summed E-state index contributed by atoms with van der Waals surface area (Å²) in [6.07, 6.45) is 12.8. The highest BCUT2D eigenvalue weighted by Crippen LogP contribution is 2.36. The Morgan fingerprint density at radius 2 is 0.524 bits per heavy atom. The molecule has 570 valence electrons. The minimum Gasteiger partial charge on any atom is -0.508 e. The lowest BCUT2D eigenvalue weighted by Crippen LogP contribution is -2.07. The second-order valence-corrected chi connectivity index (χ2v) is 19.7. The Balaban J connectivity index is -0.000000349. The van der Waals surface area contributed by atoms with E-state index in [1.54, 1.807) is 59.8 Å². The van der Waals surface area contributed by atoms with Crippen molar-refractivity contribution in [2.24, 2.45) is 0 Å². The molecule has 11 aromatic carbocycles. The van der Waals surface area contributed by atoms with Crippen molar-refractivity contribution >= 4 is 5.69 Å². The quantitative estimate of drug-likeness (QED) is 0.138. The van der Waals surface area contributed by atoms with Gasteiger partial charge in [0.25, 0.3) is 0 Å². The van der Waals surface area contributed by atoms with E-state index in [4.69, 9.17) is 28.8 Å². The number of anilines is 1. The molecule has 12 rings (SSSR count). The zero-order chi connectivity index (χ0) is 79.6. The molecule has 11 aromatic rings. The molecule has 0 aromatic heterocycles. The van der Waals surface area contributed by atoms with Gasteiger partial charge in [-0.15, -0.1) is 0 Å². The van der Waals surface area contributed by atoms with Gasteiger partial charge in [-0.1, -0.05) is 397 Å². The lowest BCUT2D eigenvalue weighted by atomic mass is 10.0. The summed E-state index contributed by atoms with van der Waals surface area (Å²) in [5, 5.41) is 8.63. The van der Waals surface area contributed by atoms with E-state index >= 15 is 0 Å². The normalized spacial score (nSPS) is 8.80. The van der Waals surface area contributed by atoms with E-state index in [0.717, 1.165) is 37.2 Å². The van der Waals surface area contributed by atoms with Crippen molar-refractivity contribution in [2.75, 3.05) is 54.5 Å². The van der Waals surface area contributed by atoms with Crippen molar-refractivity contribution in [3.63, 3.8) is 0 Å². The summed E-state index contributed by atoms with van der Waals surface area (Å²) in [5.41, 5.74) is 10.5. The van der Waals surface area contributed by atoms with Crippen LogP contribution in [0.4, 0.5) is 5.69 Å². The van der Waals surface area contributed by atoms with Crippen molar-refractivity contribution in [1.82, 2.24) is 0 Å². The monoisotopic (exact) mass is 1420 g/mol. The molecular formula is C98H137NO6. The van der Waals surface area contributed by atoms with E-state index < -0.39 is 0 Å². The molecule has 1 aliphatic rings. The van der Waals surface area contributed by atoms with Crippen LogP contribution in [0.5, 0.6) is 34.5 Å². The second kappa shape index (κ2) is 80.8. The van der Waals surface area contributed by atoms with Crippen LogP contribution in [-0.4, -0.2) is 54.8 Å². The first-order chi connectivity index (χ1) is 51.6. The fraction of sp³-hybridized carbons (Fsp3) is 0.286. The Morgan fingerprint density at radius 3 is 0.752 bits per heavy atom. The molecule has 0 bridgehead atoms. The molecule has 0 heterocycles. The maximum Gasteiger partial charge on any atom is 0.203 e. The highest BCUT2D eigenvalue weighted by atomic mass is 16.5. The number of aromatic hydroxyl groups is 1. The first kappa shape index (κ1) is 103. The third kappa shape index (κ3) is 55.7. The van der Waals surface area contributed by atoms with Crippen LogP contribution in [0.15, 0.2) is 340 Å². The number of benzene rings is 11. The largest absolute Gasteiger partial charge is 0.508 e. The van der Waals surface area contributed by atoms with Crippen molar-refractivity contribution in [3.8, 4) is 56.8 Å². The van der Waals surface area contributed by atoms with Crippen LogP contribution in [-0.2, 0) is 19.3 Å². The maximum absolute atomic E-state index is 8.63. The van der Waals surface area contributed by atoms with Crippen LogP contribution >= 0.6 is 0 Å². The molecule has 0 saturated heterocycles. The lowest BCUT2D eigenvalue weighted by Gasteiger charge is -2.10. The number of ether oxygens (including phenoxy) is 5. The molecule has 7 heteroatoms. The van der Waals surface area contributed by atoms with E-state index in [1.165, 1.54) is 44.6 Å². The molecule has 0 unspecified atom stereocenters. The average molecular weight is 1430 g/mol. The highest BCUT2D eigenvalue weighted by molar-refractivity contribution is 5.64. The van der Waals surface area contributed by atoms with Crippen molar-refractivity contribution in [3.05, 3.63) is 356 Å². The number of rotatable bonds is 11. The fourth-order valence-corrected chi connectivity index (χ4v) is 7.91. The van der Waals surface area contributed by atoms with Gasteiger partial charge in [0.1, 0.15) is 17.2 Å². The van der Waals surface area contributed by atoms with Gasteiger partial charge >= 0.3 is 0 Å². The minimum atomic E-state index is 0.322. The van der Waals surface area contributed by atoms with Crippen LogP contribution in [0, 0.1) is 0 Å². The number of phenols is 1. The predicted molar refractivity (Wildman–Crippen MR) is 468 cm³/mol. The van der Waals surface area contributed by atoms with Gasteiger partial charge in [0.2, 0.25) is 5.75 Å². The average Bonchev–Trinajstić information content (AvgIpc) is 1.22. The van der Waals surface area contributed by atoms with Gasteiger partial charge < -0.3 is 33.7 Å². The number of methoxy groups -OCH3 is 5. The summed E-state index contributed by atoms with van der Waals surface area (Å²) in [4.78, 5) is 2.08. The van der Waals surface area contributed by atoms with Gasteiger partial charge in [0.05, 0.1) is 35.5 Å². The zero-order valence-corrected chi connectivity index (χ0v) is 69.1. The molecule has 7 nitrogen and oxygen atoms in total. The van der Waals surface area contributed by atoms with Gasteiger partial charge in [0.15, 0.2) is 11.5 Å². The van der Waals surface area contributed by atoms with Crippen molar-refractivity contribution in [2.45, 2.75) is 143 Å². The summed E-state index contributed by atoms with van der Waals surface area (Å²) in [5.74, 6) is 4.14. The highest BCUT2D eigenvalue weighted by Gasteiger charge is 2.08. The van der Waals surface area contributed by atoms with Crippen LogP contribution in [0.2, 0.25) is 0 Å². The minimum absolute atomic E-state index is 0.322. The van der Waals surface area contributed by atoms with Gasteiger partial charge in [0, 0.05) is 19.8 Å². The summed E-state index contributed by atoms with van der Waals surface area (Å²) in [6, 6.07) is 105. The first-order valence-electron chi connectivity index (χ1n) is 37.7. The zero-order valence-electron chi connectivity index (χ0n) is 69.1. The molecule has 0 spiro atoms. The van der Waals surface area contributed by atoms with E-state index in [-0.39, 0.29) is 0 Å². The fourth-order valence-electron chi connectivity index (χ4n) is 7.91. The smallest absolute Gasteiger partial charge is 0.203 e. The van der Waals surface area contributed by atoms with Crippen molar-refractivity contribution in [1.29, 1.82) is 0 Å². The standard InChI is InChI=1S/C14H14.C12H10.C9H12O3.C9H12O.C8H11N.C8H10.C7H8O.C6H6O.C6H6.C5H6.7C2H6/c1-2-12-8-10-14(11-9-12)13-6-4-3-5-7-13;1-3-7-11(8-4-1)12-9-5-2-6-10-12;1-10-7-5-4-6-8(11-2)9(7)12-3;1-3-8-4-6-9(10-2)7-5-8;1-9(2)8-6-4-3-5-7-8;1-2-8-6-4-3-5-7-8;1-8-7-5-3-2-4-6-7;7-6-4-2-1-3-5-6;1-2-4-6-5-3-1;1-2-4-5-3-1;7*1-2/h3-11H,2H2,1H3;1-10H;4-6H,1-3H3;4-7H,3H2,1-2H3;3-7H,1-2H3;3-7H,2H2,1H3;2-6H,1H3;1-5,7H;1-6H;1-4H,5H2;7*1-2H3. The first-order valence-corrected chi connectivity index (χ1v) is 37.7. The van der Waals surface area contributed by atoms with Gasteiger partial charge in [-0.25, -0.2) is 0 Å². The molecule has 105 heavy (non-hydrogen) atoms. The molecule has 0 saturated carbocycles. The number of para-hydroxylation sites is 4. The number of aryl methyl sites for hydroxylation is 3. The molecule has 0 atom stereocenters.